The summed E-state index contributed by atoms with van der Waals surface area (Å²) in [5.41, 5.74) is 3.15. The summed E-state index contributed by atoms with van der Waals surface area (Å²) in [6.45, 7) is 3.07. The van der Waals surface area contributed by atoms with E-state index in [2.05, 4.69) is 10.6 Å². The molecule has 0 aliphatic heterocycles. The molecule has 0 heterocycles. The van der Waals surface area contributed by atoms with Gasteiger partial charge >= 0.3 is 6.03 Å². The van der Waals surface area contributed by atoms with E-state index in [9.17, 15) is 9.90 Å². The van der Waals surface area contributed by atoms with Gasteiger partial charge in [0.25, 0.3) is 0 Å². The lowest BCUT2D eigenvalue weighted by Crippen LogP contribution is -2.41. The van der Waals surface area contributed by atoms with Crippen molar-refractivity contribution < 1.29 is 14.6 Å². The lowest BCUT2D eigenvalue weighted by atomic mass is 10.1. The Labute approximate surface area is 148 Å². The van der Waals surface area contributed by atoms with E-state index in [0.29, 0.717) is 26.0 Å². The number of amides is 2. The summed E-state index contributed by atoms with van der Waals surface area (Å²) in [4.78, 5) is 12.2. The summed E-state index contributed by atoms with van der Waals surface area (Å²) >= 11 is 0. The first kappa shape index (κ1) is 17.3. The zero-order valence-electron chi connectivity index (χ0n) is 14.4. The number of ether oxygens (including phenoxy) is 1. The number of benzene rings is 2. The third-order valence-corrected chi connectivity index (χ3v) is 4.44. The average molecular weight is 340 g/mol. The highest BCUT2D eigenvalue weighted by Crippen LogP contribution is 2.31. The van der Waals surface area contributed by atoms with Crippen LogP contribution in [0.5, 0.6) is 5.75 Å². The van der Waals surface area contributed by atoms with E-state index < -0.39 is 6.10 Å². The molecule has 3 rings (SSSR count). The molecule has 1 aliphatic carbocycles. The Kier molecular flexibility index (Phi) is 5.56. The van der Waals surface area contributed by atoms with Gasteiger partial charge in [-0.05, 0) is 36.1 Å². The zero-order chi connectivity index (χ0) is 17.6. The summed E-state index contributed by atoms with van der Waals surface area (Å²) in [5.74, 6) is 0.854. The fourth-order valence-electron chi connectivity index (χ4n) is 3.26. The molecule has 3 N–H and O–H groups in total. The molecule has 5 nitrogen and oxygen atoms in total. The first-order chi connectivity index (χ1) is 12.2. The number of urea groups is 1. The van der Waals surface area contributed by atoms with E-state index >= 15 is 0 Å². The quantitative estimate of drug-likeness (QED) is 0.757. The van der Waals surface area contributed by atoms with Gasteiger partial charge in [0, 0.05) is 13.0 Å². The Bertz CT molecular complexity index is 732. The lowest BCUT2D eigenvalue weighted by Gasteiger charge is -2.18. The first-order valence-corrected chi connectivity index (χ1v) is 8.70. The number of nitrogens with one attached hydrogen (secondary N) is 2. The zero-order valence-corrected chi connectivity index (χ0v) is 14.4. The maximum absolute atomic E-state index is 12.2. The summed E-state index contributed by atoms with van der Waals surface area (Å²) in [7, 11) is 0. The normalized spacial score (nSPS) is 18.5. The molecule has 0 aromatic heterocycles. The van der Waals surface area contributed by atoms with Crippen molar-refractivity contribution in [3.8, 4) is 5.75 Å². The summed E-state index contributed by atoms with van der Waals surface area (Å²) in [6.07, 6.45) is 0.679. The predicted octanol–water partition coefficient (Wildman–Crippen LogP) is 2.59. The van der Waals surface area contributed by atoms with Crippen LogP contribution in [0.25, 0.3) is 0 Å². The molecule has 132 valence electrons. The number of hydrogen-bond donors (Lipinski definition) is 3. The number of aliphatic hydroxyl groups excluding tert-OH is 1. The van der Waals surface area contributed by atoms with Crippen LogP contribution in [0.15, 0.2) is 48.5 Å². The Hall–Kier alpha value is -2.53. The number of hydrogen-bond acceptors (Lipinski definition) is 3. The number of rotatable bonds is 6. The molecule has 0 radical (unpaired) electrons. The van der Waals surface area contributed by atoms with Crippen molar-refractivity contribution in [2.24, 2.45) is 0 Å². The highest BCUT2D eigenvalue weighted by Gasteiger charge is 2.31. The molecule has 25 heavy (non-hydrogen) atoms. The molecule has 2 aromatic rings. The van der Waals surface area contributed by atoms with Crippen molar-refractivity contribution in [1.29, 1.82) is 0 Å². The molecule has 0 unspecified atom stereocenters. The van der Waals surface area contributed by atoms with Gasteiger partial charge in [-0.25, -0.2) is 4.79 Å². The summed E-state index contributed by atoms with van der Waals surface area (Å²) in [6, 6.07) is 15.0. The van der Waals surface area contributed by atoms with E-state index in [0.717, 1.165) is 22.4 Å². The minimum absolute atomic E-state index is 0.269. The van der Waals surface area contributed by atoms with E-state index in [1.165, 1.54) is 0 Å². The van der Waals surface area contributed by atoms with Crippen LogP contribution < -0.4 is 15.4 Å². The Morgan fingerprint density at radius 1 is 1.20 bits per heavy atom. The van der Waals surface area contributed by atoms with Gasteiger partial charge in [0.05, 0.1) is 18.8 Å². The van der Waals surface area contributed by atoms with Crippen molar-refractivity contribution in [1.82, 2.24) is 10.6 Å². The highest BCUT2D eigenvalue weighted by atomic mass is 16.5. The van der Waals surface area contributed by atoms with Gasteiger partial charge in [0.15, 0.2) is 0 Å². The number of carbonyl (C=O) groups is 1. The molecule has 1 aliphatic rings. The van der Waals surface area contributed by atoms with Crippen LogP contribution in [0.4, 0.5) is 4.79 Å². The van der Waals surface area contributed by atoms with Crippen molar-refractivity contribution >= 4 is 6.03 Å². The smallest absolute Gasteiger partial charge is 0.315 e. The maximum Gasteiger partial charge on any atom is 0.315 e. The van der Waals surface area contributed by atoms with Crippen LogP contribution >= 0.6 is 0 Å². The fourth-order valence-corrected chi connectivity index (χ4v) is 3.26. The molecule has 2 aromatic carbocycles. The Balaban J connectivity index is 1.52. The third kappa shape index (κ3) is 4.12. The van der Waals surface area contributed by atoms with Crippen LogP contribution in [0.2, 0.25) is 0 Å². The molecule has 0 bridgehead atoms. The maximum atomic E-state index is 12.2. The lowest BCUT2D eigenvalue weighted by molar-refractivity contribution is 0.142. The van der Waals surface area contributed by atoms with Gasteiger partial charge in [0.2, 0.25) is 0 Å². The van der Waals surface area contributed by atoms with Crippen LogP contribution in [0, 0.1) is 0 Å². The van der Waals surface area contributed by atoms with E-state index in [1.54, 1.807) is 0 Å². The fraction of sp³-hybridized carbons (Fsp3) is 0.350. The van der Waals surface area contributed by atoms with Gasteiger partial charge < -0.3 is 20.5 Å². The number of fused-ring (bicyclic) bond motifs is 1. The standard InChI is InChI=1S/C20H24N2O3/c1-2-25-18-10-6-4-7-14(18)11-12-21-20(24)22-19-16-9-5-3-8-15(16)13-17(19)23/h3-10,17,19,23H,2,11-13H2,1H3,(H2,21,22,24)/t17-,19+/m0/s1. The second kappa shape index (κ2) is 8.03. The monoisotopic (exact) mass is 340 g/mol. The van der Waals surface area contributed by atoms with Crippen LogP contribution in [-0.2, 0) is 12.8 Å². The summed E-state index contributed by atoms with van der Waals surface area (Å²) < 4.78 is 5.59. The average Bonchev–Trinajstić information content (AvgIpc) is 2.92. The van der Waals surface area contributed by atoms with Crippen molar-refractivity contribution in [2.45, 2.75) is 31.9 Å². The largest absolute Gasteiger partial charge is 0.494 e. The molecule has 5 heteroatoms. The van der Waals surface area contributed by atoms with Crippen LogP contribution in [-0.4, -0.2) is 30.4 Å². The summed E-state index contributed by atoms with van der Waals surface area (Å²) in [5, 5.41) is 15.9. The second-order valence-electron chi connectivity index (χ2n) is 6.14. The van der Waals surface area contributed by atoms with E-state index in [1.807, 2.05) is 55.5 Å². The molecule has 0 fully saturated rings. The van der Waals surface area contributed by atoms with Gasteiger partial charge in [-0.15, -0.1) is 0 Å². The van der Waals surface area contributed by atoms with E-state index in [-0.39, 0.29) is 12.1 Å². The molecule has 0 saturated heterocycles. The third-order valence-electron chi connectivity index (χ3n) is 4.44. The Morgan fingerprint density at radius 3 is 2.80 bits per heavy atom. The topological polar surface area (TPSA) is 70.6 Å². The molecule has 2 atom stereocenters. The van der Waals surface area contributed by atoms with Crippen molar-refractivity contribution in [3.05, 3.63) is 65.2 Å². The van der Waals surface area contributed by atoms with E-state index in [4.69, 9.17) is 4.74 Å². The van der Waals surface area contributed by atoms with Crippen molar-refractivity contribution in [3.63, 3.8) is 0 Å². The van der Waals surface area contributed by atoms with Crippen molar-refractivity contribution in [2.75, 3.05) is 13.2 Å². The minimum atomic E-state index is -0.582. The van der Waals surface area contributed by atoms with Crippen LogP contribution in [0.1, 0.15) is 29.7 Å². The molecule has 0 saturated carbocycles. The van der Waals surface area contributed by atoms with Gasteiger partial charge in [-0.1, -0.05) is 42.5 Å². The second-order valence-corrected chi connectivity index (χ2v) is 6.14. The van der Waals surface area contributed by atoms with Gasteiger partial charge in [0.1, 0.15) is 5.75 Å². The number of aliphatic hydroxyl groups is 1. The molecular formula is C20H24N2O3. The molecular weight excluding hydrogens is 316 g/mol. The Morgan fingerprint density at radius 2 is 1.96 bits per heavy atom. The molecule has 2 amide bonds. The van der Waals surface area contributed by atoms with Gasteiger partial charge in [-0.2, -0.15) is 0 Å². The first-order valence-electron chi connectivity index (χ1n) is 8.70. The number of para-hydroxylation sites is 1. The number of carbonyl (C=O) groups excluding carboxylic acids is 1. The van der Waals surface area contributed by atoms with Crippen LogP contribution in [0.3, 0.4) is 0 Å². The molecule has 0 spiro atoms. The predicted molar refractivity (Wildman–Crippen MR) is 96.7 cm³/mol. The highest BCUT2D eigenvalue weighted by molar-refractivity contribution is 5.74. The van der Waals surface area contributed by atoms with Gasteiger partial charge in [-0.3, -0.25) is 0 Å². The SMILES string of the molecule is CCOc1ccccc1CCNC(=O)N[C@@H]1c2ccccc2C[C@@H]1O. The minimum Gasteiger partial charge on any atom is -0.494 e.